The number of carbonyl (C=O) groups is 1. The summed E-state index contributed by atoms with van der Waals surface area (Å²) in [4.78, 5) is 15.1. The number of ether oxygens (including phenoxy) is 1. The summed E-state index contributed by atoms with van der Waals surface area (Å²) in [6, 6.07) is 2.39. The smallest absolute Gasteiger partial charge is 0.410 e. The van der Waals surface area contributed by atoms with Gasteiger partial charge in [0, 0.05) is 35.0 Å². The zero-order valence-corrected chi connectivity index (χ0v) is 16.6. The van der Waals surface area contributed by atoms with Crippen molar-refractivity contribution in [3.63, 3.8) is 0 Å². The molecule has 2 heterocycles. The monoisotopic (exact) mass is 400 g/mol. The molecule has 2 rings (SSSR count). The number of nitrogens with zero attached hydrogens (tertiary/aromatic N) is 1. The molecule has 0 fully saturated rings. The molecule has 1 unspecified atom stereocenters. The standard InChI is InChI=1S/C17H25BrN2O2S/c1-12(15-14(18)7-10-23-15)19-11-13-5-8-20(9-6-13)16(21)22-17(2,3)4/h5,7,10,12,19H,6,8-9,11H2,1-4H3. The van der Waals surface area contributed by atoms with E-state index >= 15 is 0 Å². The Labute approximate surface area is 151 Å². The fourth-order valence-electron chi connectivity index (χ4n) is 2.36. The van der Waals surface area contributed by atoms with Crippen LogP contribution in [0, 0.1) is 0 Å². The second kappa shape index (κ2) is 7.81. The second-order valence-electron chi connectivity index (χ2n) is 6.77. The van der Waals surface area contributed by atoms with E-state index < -0.39 is 5.60 Å². The van der Waals surface area contributed by atoms with E-state index in [1.165, 1.54) is 10.5 Å². The van der Waals surface area contributed by atoms with Crippen molar-refractivity contribution in [1.82, 2.24) is 10.2 Å². The Morgan fingerprint density at radius 2 is 2.26 bits per heavy atom. The summed E-state index contributed by atoms with van der Waals surface area (Å²) in [5.74, 6) is 0. The highest BCUT2D eigenvalue weighted by molar-refractivity contribution is 9.10. The van der Waals surface area contributed by atoms with Crippen LogP contribution in [0.25, 0.3) is 0 Å². The normalized spacial score (nSPS) is 16.9. The molecule has 0 aromatic carbocycles. The minimum atomic E-state index is -0.438. The molecule has 0 radical (unpaired) electrons. The van der Waals surface area contributed by atoms with Crippen molar-refractivity contribution in [2.24, 2.45) is 0 Å². The van der Waals surface area contributed by atoms with E-state index in [-0.39, 0.29) is 6.09 Å². The zero-order valence-electron chi connectivity index (χ0n) is 14.2. The highest BCUT2D eigenvalue weighted by atomic mass is 79.9. The number of hydrogen-bond donors (Lipinski definition) is 1. The van der Waals surface area contributed by atoms with Crippen LogP contribution in [0.5, 0.6) is 0 Å². The summed E-state index contributed by atoms with van der Waals surface area (Å²) in [6.07, 6.45) is 2.80. The Balaban J connectivity index is 1.81. The Morgan fingerprint density at radius 1 is 1.52 bits per heavy atom. The quantitative estimate of drug-likeness (QED) is 0.742. The number of thiophene rings is 1. The average Bonchev–Trinajstić information content (AvgIpc) is 2.90. The largest absolute Gasteiger partial charge is 0.444 e. The maximum atomic E-state index is 12.0. The SMILES string of the molecule is CC(NCC1=CCN(C(=O)OC(C)(C)C)CC1)c1sccc1Br. The molecular weight excluding hydrogens is 376 g/mol. The Kier molecular flexibility index (Phi) is 6.28. The second-order valence-corrected chi connectivity index (χ2v) is 8.58. The summed E-state index contributed by atoms with van der Waals surface area (Å²) in [6.45, 7) is 10.1. The molecule has 6 heteroatoms. The van der Waals surface area contributed by atoms with Crippen molar-refractivity contribution < 1.29 is 9.53 Å². The van der Waals surface area contributed by atoms with Gasteiger partial charge >= 0.3 is 6.09 Å². The van der Waals surface area contributed by atoms with E-state index in [4.69, 9.17) is 4.74 Å². The lowest BCUT2D eigenvalue weighted by Crippen LogP contribution is -2.40. The van der Waals surface area contributed by atoms with Crippen LogP contribution in [0.3, 0.4) is 0 Å². The summed E-state index contributed by atoms with van der Waals surface area (Å²) >= 11 is 5.33. The summed E-state index contributed by atoms with van der Waals surface area (Å²) in [5.41, 5.74) is 0.913. The fourth-order valence-corrected chi connectivity index (χ4v) is 4.11. The summed E-state index contributed by atoms with van der Waals surface area (Å²) < 4.78 is 6.57. The molecule has 0 saturated carbocycles. The third-order valence-electron chi connectivity index (χ3n) is 3.63. The van der Waals surface area contributed by atoms with Gasteiger partial charge in [0.25, 0.3) is 0 Å². The Hall–Kier alpha value is -0.850. The van der Waals surface area contributed by atoms with Crippen LogP contribution >= 0.6 is 27.3 Å². The molecular formula is C17H25BrN2O2S. The molecule has 1 aliphatic heterocycles. The maximum Gasteiger partial charge on any atom is 0.410 e. The van der Waals surface area contributed by atoms with Gasteiger partial charge in [-0.25, -0.2) is 4.79 Å². The van der Waals surface area contributed by atoms with Gasteiger partial charge in [-0.1, -0.05) is 11.6 Å². The van der Waals surface area contributed by atoms with Gasteiger partial charge < -0.3 is 15.0 Å². The Morgan fingerprint density at radius 3 is 2.78 bits per heavy atom. The first-order chi connectivity index (χ1) is 10.8. The van der Waals surface area contributed by atoms with E-state index in [9.17, 15) is 4.79 Å². The van der Waals surface area contributed by atoms with Crippen LogP contribution in [0.4, 0.5) is 4.79 Å². The molecule has 0 aliphatic carbocycles. The van der Waals surface area contributed by atoms with Crippen molar-refractivity contribution in [2.75, 3.05) is 19.6 Å². The van der Waals surface area contributed by atoms with Gasteiger partial charge in [-0.15, -0.1) is 11.3 Å². The van der Waals surface area contributed by atoms with Crippen molar-refractivity contribution in [1.29, 1.82) is 0 Å². The van der Waals surface area contributed by atoms with Crippen molar-refractivity contribution >= 4 is 33.4 Å². The molecule has 1 aliphatic rings. The van der Waals surface area contributed by atoms with Gasteiger partial charge in [-0.3, -0.25) is 0 Å². The zero-order chi connectivity index (χ0) is 17.0. The molecule has 128 valence electrons. The summed E-state index contributed by atoms with van der Waals surface area (Å²) in [5, 5.41) is 5.65. The highest BCUT2D eigenvalue weighted by Gasteiger charge is 2.23. The minimum absolute atomic E-state index is 0.225. The fraction of sp³-hybridized carbons (Fsp3) is 0.588. The van der Waals surface area contributed by atoms with Crippen LogP contribution in [-0.4, -0.2) is 36.2 Å². The van der Waals surface area contributed by atoms with Crippen LogP contribution in [-0.2, 0) is 4.74 Å². The van der Waals surface area contributed by atoms with Gasteiger partial charge in [0.1, 0.15) is 5.60 Å². The third kappa shape index (κ3) is 5.62. The van der Waals surface area contributed by atoms with Crippen LogP contribution in [0.15, 0.2) is 27.6 Å². The topological polar surface area (TPSA) is 41.6 Å². The Bertz CT molecular complexity index is 577. The van der Waals surface area contributed by atoms with Crippen LogP contribution in [0.1, 0.15) is 45.0 Å². The average molecular weight is 401 g/mol. The minimum Gasteiger partial charge on any atom is -0.444 e. The number of amides is 1. The molecule has 4 nitrogen and oxygen atoms in total. The maximum absolute atomic E-state index is 12.0. The first-order valence-corrected chi connectivity index (χ1v) is 9.55. The number of nitrogens with one attached hydrogen (secondary N) is 1. The molecule has 1 N–H and O–H groups in total. The number of rotatable bonds is 4. The molecule has 1 aromatic heterocycles. The summed E-state index contributed by atoms with van der Waals surface area (Å²) in [7, 11) is 0. The first-order valence-electron chi connectivity index (χ1n) is 7.88. The molecule has 0 saturated heterocycles. The number of carbonyl (C=O) groups excluding carboxylic acids is 1. The molecule has 1 aromatic rings. The lowest BCUT2D eigenvalue weighted by molar-refractivity contribution is 0.0265. The lowest BCUT2D eigenvalue weighted by Gasteiger charge is -2.30. The van der Waals surface area contributed by atoms with E-state index in [2.05, 4.69) is 45.7 Å². The predicted octanol–water partition coefficient (Wildman–Crippen LogP) is 4.73. The molecule has 0 spiro atoms. The lowest BCUT2D eigenvalue weighted by atomic mass is 10.1. The van der Waals surface area contributed by atoms with Crippen LogP contribution in [0.2, 0.25) is 0 Å². The first kappa shape index (κ1) is 18.5. The molecule has 23 heavy (non-hydrogen) atoms. The third-order valence-corrected chi connectivity index (χ3v) is 5.68. The molecule has 1 atom stereocenters. The number of hydrogen-bond acceptors (Lipinski definition) is 4. The highest BCUT2D eigenvalue weighted by Crippen LogP contribution is 2.28. The van der Waals surface area contributed by atoms with Gasteiger partial charge in [0.05, 0.1) is 0 Å². The number of halogens is 1. The van der Waals surface area contributed by atoms with Gasteiger partial charge in [-0.05, 0) is 61.5 Å². The van der Waals surface area contributed by atoms with E-state index in [1.54, 1.807) is 16.2 Å². The van der Waals surface area contributed by atoms with Crippen molar-refractivity contribution in [3.05, 3.63) is 32.4 Å². The van der Waals surface area contributed by atoms with E-state index in [0.717, 1.165) is 24.0 Å². The van der Waals surface area contributed by atoms with Gasteiger partial charge in [-0.2, -0.15) is 0 Å². The molecule has 0 bridgehead atoms. The van der Waals surface area contributed by atoms with Crippen LogP contribution < -0.4 is 5.32 Å². The van der Waals surface area contributed by atoms with Crippen molar-refractivity contribution in [2.45, 2.75) is 45.8 Å². The van der Waals surface area contributed by atoms with E-state index in [1.807, 2.05) is 20.8 Å². The van der Waals surface area contributed by atoms with Crippen molar-refractivity contribution in [3.8, 4) is 0 Å². The van der Waals surface area contributed by atoms with E-state index in [0.29, 0.717) is 12.6 Å². The predicted molar refractivity (Wildman–Crippen MR) is 98.9 cm³/mol. The van der Waals surface area contributed by atoms with Gasteiger partial charge in [0.2, 0.25) is 0 Å². The van der Waals surface area contributed by atoms with Gasteiger partial charge in [0.15, 0.2) is 0 Å². The molecule has 1 amide bonds.